The van der Waals surface area contributed by atoms with Crippen molar-refractivity contribution in [1.82, 2.24) is 9.80 Å². The zero-order valence-corrected chi connectivity index (χ0v) is 12.1. The van der Waals surface area contributed by atoms with Crippen LogP contribution in [0.15, 0.2) is 0 Å². The van der Waals surface area contributed by atoms with Crippen LogP contribution in [0.5, 0.6) is 0 Å². The van der Waals surface area contributed by atoms with Gasteiger partial charge in [-0.25, -0.2) is 0 Å². The average molecular weight is 288 g/mol. The minimum Gasteiger partial charge on any atom is -0.329 e. The molecule has 16 heavy (non-hydrogen) atoms. The predicted octanol–water partition coefficient (Wildman–Crippen LogP) is 0.912. The molecule has 3 nitrogen and oxygen atoms in total. The summed E-state index contributed by atoms with van der Waals surface area (Å²) in [4.78, 5) is 5.16. The van der Waals surface area contributed by atoms with Crippen molar-refractivity contribution in [1.29, 1.82) is 0 Å². The summed E-state index contributed by atoms with van der Waals surface area (Å²) in [6.07, 6.45) is 1.40. The van der Waals surface area contributed by atoms with Crippen LogP contribution in [0.1, 0.15) is 6.42 Å². The summed E-state index contributed by atoms with van der Waals surface area (Å²) < 4.78 is 0. The summed E-state index contributed by atoms with van der Waals surface area (Å²) in [5, 5.41) is 0. The molecular weight excluding hydrogens is 265 g/mol. The van der Waals surface area contributed by atoms with E-state index in [9.17, 15) is 0 Å². The Morgan fingerprint density at radius 3 is 2.31 bits per heavy atom. The van der Waals surface area contributed by atoms with Crippen molar-refractivity contribution in [2.24, 2.45) is 5.73 Å². The molecule has 1 unspecified atom stereocenters. The maximum Gasteiger partial charge on any atom is 0.0195 e. The molecule has 2 heterocycles. The van der Waals surface area contributed by atoms with Gasteiger partial charge >= 0.3 is 0 Å². The van der Waals surface area contributed by atoms with Gasteiger partial charge in [-0.1, -0.05) is 0 Å². The normalized spacial score (nSPS) is 27.2. The molecule has 0 aromatic rings. The molecule has 2 N–H and O–H groups in total. The molecule has 2 rings (SSSR count). The quantitative estimate of drug-likeness (QED) is 0.837. The number of rotatable bonds is 3. The summed E-state index contributed by atoms with van der Waals surface area (Å²) in [7, 11) is 0. The van der Waals surface area contributed by atoms with E-state index in [0.717, 1.165) is 19.1 Å². The zero-order valence-electron chi connectivity index (χ0n) is 9.64. The zero-order chi connectivity index (χ0) is 9.80. The van der Waals surface area contributed by atoms with E-state index in [4.69, 9.17) is 5.73 Å². The number of hydrogen-bond donors (Lipinski definition) is 1. The standard InChI is InChI=1S/C10H21N3S.2ClH/c11-2-3-12-4-6-13(7-5-12)10-1-8-14-9-10;;/h10H,1-9,11H2;2*1H. The van der Waals surface area contributed by atoms with Crippen LogP contribution in [0.4, 0.5) is 0 Å². The maximum atomic E-state index is 5.56. The molecule has 0 bridgehead atoms. The van der Waals surface area contributed by atoms with Gasteiger partial charge in [0.25, 0.3) is 0 Å². The lowest BCUT2D eigenvalue weighted by atomic mass is 10.2. The third-order valence-corrected chi connectivity index (χ3v) is 4.42. The lowest BCUT2D eigenvalue weighted by Gasteiger charge is -2.37. The molecule has 0 aromatic heterocycles. The Morgan fingerprint density at radius 1 is 1.12 bits per heavy atom. The maximum absolute atomic E-state index is 5.56. The van der Waals surface area contributed by atoms with E-state index in [-0.39, 0.29) is 24.8 Å². The van der Waals surface area contributed by atoms with E-state index in [0.29, 0.717) is 0 Å². The van der Waals surface area contributed by atoms with Crippen LogP contribution in [-0.2, 0) is 0 Å². The number of hydrogen-bond acceptors (Lipinski definition) is 4. The summed E-state index contributed by atoms with van der Waals surface area (Å²) in [6, 6.07) is 0.875. The van der Waals surface area contributed by atoms with Crippen molar-refractivity contribution in [3.05, 3.63) is 0 Å². The van der Waals surface area contributed by atoms with Gasteiger partial charge in [0.2, 0.25) is 0 Å². The number of nitrogens with zero attached hydrogens (tertiary/aromatic N) is 2. The summed E-state index contributed by atoms with van der Waals surface area (Å²) in [6.45, 7) is 6.83. The first-order chi connectivity index (χ1) is 6.90. The van der Waals surface area contributed by atoms with Crippen molar-refractivity contribution in [2.45, 2.75) is 12.5 Å². The molecule has 2 saturated heterocycles. The van der Waals surface area contributed by atoms with Gasteiger partial charge in [-0.15, -0.1) is 24.8 Å². The summed E-state index contributed by atoms with van der Waals surface area (Å²) in [5.41, 5.74) is 5.56. The van der Waals surface area contributed by atoms with Gasteiger partial charge in [0.15, 0.2) is 0 Å². The monoisotopic (exact) mass is 287 g/mol. The molecule has 98 valence electrons. The van der Waals surface area contributed by atoms with E-state index in [1.807, 2.05) is 0 Å². The van der Waals surface area contributed by atoms with Crippen LogP contribution >= 0.6 is 36.6 Å². The second-order valence-electron chi connectivity index (χ2n) is 4.18. The third kappa shape index (κ3) is 4.59. The third-order valence-electron chi connectivity index (χ3n) is 3.27. The highest BCUT2D eigenvalue weighted by Crippen LogP contribution is 2.22. The van der Waals surface area contributed by atoms with Gasteiger partial charge in [-0.2, -0.15) is 11.8 Å². The first kappa shape index (κ1) is 16.8. The minimum atomic E-state index is 0. The van der Waals surface area contributed by atoms with Gasteiger partial charge < -0.3 is 5.73 Å². The van der Waals surface area contributed by atoms with E-state index < -0.39 is 0 Å². The molecule has 0 spiro atoms. The molecular formula is C10H23Cl2N3S. The van der Waals surface area contributed by atoms with Crippen molar-refractivity contribution < 1.29 is 0 Å². The predicted molar refractivity (Wildman–Crippen MR) is 77.3 cm³/mol. The van der Waals surface area contributed by atoms with E-state index >= 15 is 0 Å². The lowest BCUT2D eigenvalue weighted by molar-refractivity contribution is 0.107. The van der Waals surface area contributed by atoms with Gasteiger partial charge in [0, 0.05) is 51.1 Å². The van der Waals surface area contributed by atoms with E-state index in [1.165, 1.54) is 44.1 Å². The molecule has 2 aliphatic heterocycles. The lowest BCUT2D eigenvalue weighted by Crippen LogP contribution is -2.51. The van der Waals surface area contributed by atoms with E-state index in [1.54, 1.807) is 0 Å². The van der Waals surface area contributed by atoms with Crippen molar-refractivity contribution in [3.63, 3.8) is 0 Å². The van der Waals surface area contributed by atoms with Crippen LogP contribution < -0.4 is 5.73 Å². The van der Waals surface area contributed by atoms with Gasteiger partial charge in [-0.3, -0.25) is 9.80 Å². The molecule has 2 fully saturated rings. The molecule has 1 atom stereocenters. The molecule has 0 saturated carbocycles. The molecule has 0 aromatic carbocycles. The first-order valence-corrected chi connectivity index (χ1v) is 6.80. The molecule has 6 heteroatoms. The van der Waals surface area contributed by atoms with Crippen molar-refractivity contribution >= 4 is 36.6 Å². The Balaban J connectivity index is 0.00000112. The fourth-order valence-electron chi connectivity index (χ4n) is 2.34. The number of thioether (sulfide) groups is 1. The fourth-order valence-corrected chi connectivity index (χ4v) is 3.60. The van der Waals surface area contributed by atoms with Crippen LogP contribution in [0.25, 0.3) is 0 Å². The second kappa shape index (κ2) is 8.84. The first-order valence-electron chi connectivity index (χ1n) is 5.64. The highest BCUT2D eigenvalue weighted by atomic mass is 35.5. The summed E-state index contributed by atoms with van der Waals surface area (Å²) in [5.74, 6) is 2.73. The fraction of sp³-hybridized carbons (Fsp3) is 1.00. The Bertz CT molecular complexity index is 171. The number of piperazine rings is 1. The Hall–Kier alpha value is 0.810. The number of halogens is 2. The minimum absolute atomic E-state index is 0. The number of nitrogens with two attached hydrogens (primary N) is 1. The summed E-state index contributed by atoms with van der Waals surface area (Å²) >= 11 is 2.11. The smallest absolute Gasteiger partial charge is 0.0195 e. The second-order valence-corrected chi connectivity index (χ2v) is 5.33. The van der Waals surface area contributed by atoms with Gasteiger partial charge in [0.05, 0.1) is 0 Å². The molecule has 2 aliphatic rings. The Labute approximate surface area is 115 Å². The SMILES string of the molecule is Cl.Cl.NCCN1CCN(C2CCSC2)CC1. The topological polar surface area (TPSA) is 32.5 Å². The average Bonchev–Trinajstić information content (AvgIpc) is 2.72. The van der Waals surface area contributed by atoms with Crippen LogP contribution in [0, 0.1) is 0 Å². The largest absolute Gasteiger partial charge is 0.329 e. The molecule has 0 aliphatic carbocycles. The van der Waals surface area contributed by atoms with Crippen molar-refractivity contribution in [3.8, 4) is 0 Å². The molecule has 0 amide bonds. The van der Waals surface area contributed by atoms with Crippen molar-refractivity contribution in [2.75, 3.05) is 50.8 Å². The van der Waals surface area contributed by atoms with Gasteiger partial charge in [-0.05, 0) is 12.2 Å². The van der Waals surface area contributed by atoms with Crippen LogP contribution in [0.2, 0.25) is 0 Å². The Morgan fingerprint density at radius 2 is 1.81 bits per heavy atom. The highest BCUT2D eigenvalue weighted by molar-refractivity contribution is 7.99. The Kier molecular flexibility index (Phi) is 9.28. The van der Waals surface area contributed by atoms with Crippen LogP contribution in [-0.4, -0.2) is 66.6 Å². The molecule has 0 radical (unpaired) electrons. The van der Waals surface area contributed by atoms with E-state index in [2.05, 4.69) is 21.6 Å². The van der Waals surface area contributed by atoms with Gasteiger partial charge in [0.1, 0.15) is 0 Å². The highest BCUT2D eigenvalue weighted by Gasteiger charge is 2.25. The van der Waals surface area contributed by atoms with Crippen LogP contribution in [0.3, 0.4) is 0 Å².